The van der Waals surface area contributed by atoms with E-state index in [1.54, 1.807) is 6.92 Å². The molecular weight excluding hydrogens is 314 g/mol. The van der Waals surface area contributed by atoms with Crippen molar-refractivity contribution in [1.29, 1.82) is 0 Å². The number of ether oxygens (including phenoxy) is 1. The number of aromatic nitrogens is 2. The molecule has 0 saturated heterocycles. The van der Waals surface area contributed by atoms with Gasteiger partial charge >= 0.3 is 6.09 Å². The molecule has 1 heterocycles. The van der Waals surface area contributed by atoms with Gasteiger partial charge in [0, 0.05) is 22.6 Å². The van der Waals surface area contributed by atoms with E-state index in [1.807, 2.05) is 5.01 Å². The molecule has 2 aliphatic carbocycles. The molecule has 3 rings (SSSR count). The first-order valence-corrected chi connectivity index (χ1v) is 8.13. The largest absolute Gasteiger partial charge is 0.448 e. The Labute approximate surface area is 138 Å². The second-order valence-electron chi connectivity index (χ2n) is 6.09. The van der Waals surface area contributed by atoms with Gasteiger partial charge in [0.05, 0.1) is 12.3 Å². The highest BCUT2D eigenvalue weighted by molar-refractivity contribution is 5.71. The third kappa shape index (κ3) is 2.91. The van der Waals surface area contributed by atoms with Gasteiger partial charge in [0.1, 0.15) is 6.67 Å². The molecule has 10 heteroatoms. The standard InChI is InChI=1S/C14H21N7O3/c1-2-24-14(23)21-12-6-5-10(20(16)9-3-4-9)7-11(12)13(22)19(21)8-17-18-15/h9-10H,2-8,16H2,1H3. The Morgan fingerprint density at radius 2 is 2.21 bits per heavy atom. The molecule has 1 unspecified atom stereocenters. The number of nitrogens with two attached hydrogens (primary N) is 1. The number of hydrogen-bond acceptors (Lipinski definition) is 6. The van der Waals surface area contributed by atoms with E-state index >= 15 is 0 Å². The van der Waals surface area contributed by atoms with Crippen LogP contribution in [-0.4, -0.2) is 39.2 Å². The van der Waals surface area contributed by atoms with Crippen LogP contribution in [0.5, 0.6) is 0 Å². The monoisotopic (exact) mass is 335 g/mol. The molecule has 0 radical (unpaired) electrons. The summed E-state index contributed by atoms with van der Waals surface area (Å²) in [7, 11) is 0. The summed E-state index contributed by atoms with van der Waals surface area (Å²) in [5, 5.41) is 5.27. The Balaban J connectivity index is 1.98. The summed E-state index contributed by atoms with van der Waals surface area (Å²) in [6, 6.07) is 0.484. The molecule has 1 fully saturated rings. The Kier molecular flexibility index (Phi) is 4.61. The van der Waals surface area contributed by atoms with E-state index < -0.39 is 6.09 Å². The molecule has 0 bridgehead atoms. The minimum absolute atomic E-state index is 0.0867. The lowest BCUT2D eigenvalue weighted by atomic mass is 9.92. The Morgan fingerprint density at radius 1 is 1.46 bits per heavy atom. The molecule has 0 aliphatic heterocycles. The van der Waals surface area contributed by atoms with Crippen molar-refractivity contribution in [3.8, 4) is 0 Å². The van der Waals surface area contributed by atoms with Crippen molar-refractivity contribution in [2.24, 2.45) is 11.0 Å². The van der Waals surface area contributed by atoms with Gasteiger partial charge in [0.25, 0.3) is 5.56 Å². The summed E-state index contributed by atoms with van der Waals surface area (Å²) < 4.78 is 7.40. The van der Waals surface area contributed by atoms with Crippen LogP contribution >= 0.6 is 0 Å². The van der Waals surface area contributed by atoms with E-state index in [-0.39, 0.29) is 24.9 Å². The smallest absolute Gasteiger partial charge is 0.433 e. The van der Waals surface area contributed by atoms with Gasteiger partial charge in [-0.2, -0.15) is 4.68 Å². The average Bonchev–Trinajstić information content (AvgIpc) is 3.38. The van der Waals surface area contributed by atoms with Crippen molar-refractivity contribution in [2.75, 3.05) is 6.61 Å². The fourth-order valence-electron chi connectivity index (χ4n) is 3.28. The molecule has 2 aliphatic rings. The van der Waals surface area contributed by atoms with Crippen LogP contribution in [0.2, 0.25) is 0 Å². The SMILES string of the molecule is CCOC(=O)n1c2c(c(=O)n1CN=[N+]=[N-])CC(N(N)C1CC1)CC2. The minimum atomic E-state index is -0.630. The normalized spacial score (nSPS) is 19.7. The van der Waals surface area contributed by atoms with E-state index in [1.165, 1.54) is 4.68 Å². The second kappa shape index (κ2) is 6.68. The molecule has 1 aromatic rings. The number of hydrazine groups is 1. The van der Waals surface area contributed by atoms with Crippen LogP contribution in [-0.2, 0) is 24.2 Å². The first-order chi connectivity index (χ1) is 11.6. The van der Waals surface area contributed by atoms with Gasteiger partial charge in [0.15, 0.2) is 0 Å². The lowest BCUT2D eigenvalue weighted by molar-refractivity contribution is 0.142. The highest BCUT2D eigenvalue weighted by atomic mass is 16.6. The fourth-order valence-corrected chi connectivity index (χ4v) is 3.28. The van der Waals surface area contributed by atoms with Crippen LogP contribution in [0.3, 0.4) is 0 Å². The molecule has 24 heavy (non-hydrogen) atoms. The van der Waals surface area contributed by atoms with Gasteiger partial charge in [0.2, 0.25) is 0 Å². The molecule has 130 valence electrons. The summed E-state index contributed by atoms with van der Waals surface area (Å²) in [6.07, 6.45) is 3.36. The third-order valence-electron chi connectivity index (χ3n) is 4.58. The van der Waals surface area contributed by atoms with E-state index in [0.29, 0.717) is 30.1 Å². The van der Waals surface area contributed by atoms with Crippen LogP contribution in [0.1, 0.15) is 37.4 Å². The molecule has 0 spiro atoms. The number of carbonyl (C=O) groups excluding carboxylic acids is 1. The van der Waals surface area contributed by atoms with Crippen LogP contribution in [0.25, 0.3) is 10.4 Å². The topological polar surface area (TPSA) is 131 Å². The van der Waals surface area contributed by atoms with Crippen LogP contribution in [0.4, 0.5) is 4.79 Å². The zero-order chi connectivity index (χ0) is 17.3. The summed E-state index contributed by atoms with van der Waals surface area (Å²) >= 11 is 0. The predicted molar refractivity (Wildman–Crippen MR) is 85.1 cm³/mol. The van der Waals surface area contributed by atoms with E-state index in [4.69, 9.17) is 16.1 Å². The van der Waals surface area contributed by atoms with Crippen molar-refractivity contribution in [3.63, 3.8) is 0 Å². The lowest BCUT2D eigenvalue weighted by Gasteiger charge is -2.30. The first-order valence-electron chi connectivity index (χ1n) is 8.13. The van der Waals surface area contributed by atoms with Gasteiger partial charge in [-0.1, -0.05) is 5.11 Å². The number of fused-ring (bicyclic) bond motifs is 1. The Morgan fingerprint density at radius 3 is 2.83 bits per heavy atom. The van der Waals surface area contributed by atoms with Crippen molar-refractivity contribution < 1.29 is 9.53 Å². The van der Waals surface area contributed by atoms with Crippen molar-refractivity contribution >= 4 is 6.09 Å². The molecule has 1 atom stereocenters. The second-order valence-corrected chi connectivity index (χ2v) is 6.09. The maximum absolute atomic E-state index is 12.7. The quantitative estimate of drug-likeness (QED) is 0.283. The molecule has 0 aromatic carbocycles. The molecule has 10 nitrogen and oxygen atoms in total. The van der Waals surface area contributed by atoms with Crippen LogP contribution in [0, 0.1) is 0 Å². The number of rotatable bonds is 5. The highest BCUT2D eigenvalue weighted by Gasteiger charge is 2.37. The molecule has 1 aromatic heterocycles. The Bertz CT molecular complexity index is 742. The first kappa shape index (κ1) is 16.6. The minimum Gasteiger partial charge on any atom is -0.448 e. The number of azide groups is 1. The lowest BCUT2D eigenvalue weighted by Crippen LogP contribution is -2.46. The van der Waals surface area contributed by atoms with Crippen LogP contribution in [0.15, 0.2) is 9.91 Å². The summed E-state index contributed by atoms with van der Waals surface area (Å²) in [6.45, 7) is 1.64. The summed E-state index contributed by atoms with van der Waals surface area (Å²) in [4.78, 5) is 27.6. The average molecular weight is 335 g/mol. The number of hydrogen-bond donors (Lipinski definition) is 1. The van der Waals surface area contributed by atoms with E-state index in [0.717, 1.165) is 23.9 Å². The van der Waals surface area contributed by atoms with Gasteiger partial charge in [-0.05, 0) is 44.6 Å². The van der Waals surface area contributed by atoms with Crippen molar-refractivity contribution in [1.82, 2.24) is 14.4 Å². The third-order valence-corrected chi connectivity index (χ3v) is 4.58. The van der Waals surface area contributed by atoms with E-state index in [2.05, 4.69) is 10.0 Å². The van der Waals surface area contributed by atoms with Crippen molar-refractivity contribution in [2.45, 2.75) is 57.8 Å². The van der Waals surface area contributed by atoms with Gasteiger partial charge < -0.3 is 4.74 Å². The number of carbonyl (C=O) groups is 1. The van der Waals surface area contributed by atoms with Crippen molar-refractivity contribution in [3.05, 3.63) is 32.1 Å². The summed E-state index contributed by atoms with van der Waals surface area (Å²) in [5.41, 5.74) is 9.40. The zero-order valence-electron chi connectivity index (χ0n) is 13.6. The predicted octanol–water partition coefficient (Wildman–Crippen LogP) is 1.12. The van der Waals surface area contributed by atoms with Gasteiger partial charge in [-0.25, -0.2) is 14.5 Å². The molecule has 0 amide bonds. The maximum atomic E-state index is 12.7. The fraction of sp³-hybridized carbons (Fsp3) is 0.714. The van der Waals surface area contributed by atoms with Gasteiger partial charge in [-0.15, -0.1) is 0 Å². The van der Waals surface area contributed by atoms with Gasteiger partial charge in [-0.3, -0.25) is 10.6 Å². The van der Waals surface area contributed by atoms with Crippen LogP contribution < -0.4 is 11.4 Å². The zero-order valence-corrected chi connectivity index (χ0v) is 13.6. The number of nitrogens with zero attached hydrogens (tertiary/aromatic N) is 6. The maximum Gasteiger partial charge on any atom is 0.433 e. The molecular formula is C14H21N7O3. The summed E-state index contributed by atoms with van der Waals surface area (Å²) in [5.74, 6) is 6.15. The van der Waals surface area contributed by atoms with E-state index in [9.17, 15) is 9.59 Å². The molecule has 2 N–H and O–H groups in total. The molecule has 1 saturated carbocycles. The Hall–Kier alpha value is -2.29. The highest BCUT2D eigenvalue weighted by Crippen LogP contribution is 2.30.